The van der Waals surface area contributed by atoms with E-state index in [1.807, 2.05) is 13.8 Å². The smallest absolute Gasteiger partial charge is 0.234 e. The van der Waals surface area contributed by atoms with Crippen molar-refractivity contribution < 1.29 is 14.3 Å². The fourth-order valence-corrected chi connectivity index (χ4v) is 4.73. The summed E-state index contributed by atoms with van der Waals surface area (Å²) in [7, 11) is 3.37. The summed E-state index contributed by atoms with van der Waals surface area (Å²) in [5.74, 6) is 1.66. The number of methoxy groups -OCH3 is 1. The van der Waals surface area contributed by atoms with Gasteiger partial charge in [-0.3, -0.25) is 9.59 Å². The number of carbonyl (C=O) groups excluding carboxylic acids is 2. The number of nitrogens with zero attached hydrogens (tertiary/aromatic N) is 4. The van der Waals surface area contributed by atoms with E-state index in [0.717, 1.165) is 18.7 Å². The average Bonchev–Trinajstić information content (AvgIpc) is 3.29. The van der Waals surface area contributed by atoms with Crippen molar-refractivity contribution in [1.82, 2.24) is 9.97 Å². The molecule has 2 heterocycles. The summed E-state index contributed by atoms with van der Waals surface area (Å²) in [5.41, 5.74) is 1.44. The zero-order chi connectivity index (χ0) is 23.8. The first-order chi connectivity index (χ1) is 15.7. The van der Waals surface area contributed by atoms with Crippen molar-refractivity contribution >= 4 is 40.6 Å². The third-order valence-corrected chi connectivity index (χ3v) is 6.36. The van der Waals surface area contributed by atoms with Crippen LogP contribution in [-0.2, 0) is 9.59 Å². The molecule has 2 aliphatic rings. The van der Waals surface area contributed by atoms with Gasteiger partial charge in [0.15, 0.2) is 5.82 Å². The van der Waals surface area contributed by atoms with Crippen molar-refractivity contribution in [1.29, 1.82) is 0 Å². The Morgan fingerprint density at radius 3 is 2.64 bits per heavy atom. The van der Waals surface area contributed by atoms with E-state index in [1.165, 1.54) is 19.8 Å². The lowest BCUT2D eigenvalue weighted by Crippen LogP contribution is -2.45. The lowest BCUT2D eigenvalue weighted by Gasteiger charge is -2.34. The monoisotopic (exact) mass is 452 g/mol. The van der Waals surface area contributed by atoms with Crippen LogP contribution < -0.4 is 25.2 Å². The van der Waals surface area contributed by atoms with E-state index in [9.17, 15) is 9.59 Å². The van der Waals surface area contributed by atoms with Crippen LogP contribution in [0, 0.1) is 5.41 Å². The highest BCUT2D eigenvalue weighted by atomic mass is 16.5. The van der Waals surface area contributed by atoms with E-state index in [-0.39, 0.29) is 11.8 Å². The number of benzene rings is 1. The predicted octanol–water partition coefficient (Wildman–Crippen LogP) is 3.94. The summed E-state index contributed by atoms with van der Waals surface area (Å²) in [6.07, 6.45) is 6.25. The molecule has 0 spiro atoms. The molecule has 0 unspecified atom stereocenters. The zero-order valence-corrected chi connectivity index (χ0v) is 19.9. The van der Waals surface area contributed by atoms with Crippen LogP contribution in [0.3, 0.4) is 0 Å². The number of aromatic nitrogens is 2. The maximum Gasteiger partial charge on any atom is 0.234 e. The van der Waals surface area contributed by atoms with Crippen molar-refractivity contribution in [2.24, 2.45) is 5.41 Å². The Bertz CT molecular complexity index is 1060. The number of anilines is 5. The molecule has 9 nitrogen and oxygen atoms in total. The second-order valence-corrected chi connectivity index (χ2v) is 9.44. The SMILES string of the molecule is COc1ccc(NC(C)=O)cc1Nc1ncc2c(n1)N(C1CCCC1)CC(C)(C)C(=O)N2C. The largest absolute Gasteiger partial charge is 0.495 e. The first-order valence-corrected chi connectivity index (χ1v) is 11.3. The molecule has 1 aliphatic heterocycles. The summed E-state index contributed by atoms with van der Waals surface area (Å²) in [5, 5.41) is 6.01. The van der Waals surface area contributed by atoms with Crippen LogP contribution in [0.15, 0.2) is 24.4 Å². The van der Waals surface area contributed by atoms with Gasteiger partial charge >= 0.3 is 0 Å². The lowest BCUT2D eigenvalue weighted by atomic mass is 9.91. The van der Waals surface area contributed by atoms with Crippen LogP contribution in [0.4, 0.5) is 28.8 Å². The van der Waals surface area contributed by atoms with E-state index in [1.54, 1.807) is 43.5 Å². The van der Waals surface area contributed by atoms with Gasteiger partial charge in [-0.25, -0.2) is 4.98 Å². The van der Waals surface area contributed by atoms with E-state index >= 15 is 0 Å². The van der Waals surface area contributed by atoms with Crippen molar-refractivity contribution in [2.45, 2.75) is 52.5 Å². The summed E-state index contributed by atoms with van der Waals surface area (Å²) in [6.45, 7) is 6.05. The van der Waals surface area contributed by atoms with Gasteiger partial charge in [-0.05, 0) is 44.9 Å². The number of hydrogen-bond donors (Lipinski definition) is 2. The van der Waals surface area contributed by atoms with E-state index in [0.29, 0.717) is 41.3 Å². The van der Waals surface area contributed by atoms with Crippen LogP contribution >= 0.6 is 0 Å². The van der Waals surface area contributed by atoms with Crippen LogP contribution in [0.1, 0.15) is 46.5 Å². The van der Waals surface area contributed by atoms with Crippen molar-refractivity contribution in [3.8, 4) is 5.75 Å². The molecule has 1 fully saturated rings. The number of rotatable bonds is 5. The Kier molecular flexibility index (Phi) is 6.14. The molecular weight excluding hydrogens is 420 g/mol. The summed E-state index contributed by atoms with van der Waals surface area (Å²) in [6, 6.07) is 5.68. The Hall–Kier alpha value is -3.36. The number of fused-ring (bicyclic) bond motifs is 1. The third kappa shape index (κ3) is 4.58. The first-order valence-electron chi connectivity index (χ1n) is 11.3. The van der Waals surface area contributed by atoms with Crippen LogP contribution in [0.25, 0.3) is 0 Å². The van der Waals surface area contributed by atoms with E-state index in [2.05, 4.69) is 20.5 Å². The van der Waals surface area contributed by atoms with Gasteiger partial charge in [0.05, 0.1) is 24.4 Å². The Morgan fingerprint density at radius 2 is 1.97 bits per heavy atom. The predicted molar refractivity (Wildman–Crippen MR) is 129 cm³/mol. The molecule has 2 N–H and O–H groups in total. The molecule has 1 aromatic heterocycles. The quantitative estimate of drug-likeness (QED) is 0.709. The molecule has 1 saturated carbocycles. The Balaban J connectivity index is 1.74. The molecule has 0 bridgehead atoms. The van der Waals surface area contributed by atoms with Crippen molar-refractivity contribution in [3.63, 3.8) is 0 Å². The van der Waals surface area contributed by atoms with Crippen LogP contribution in [0.2, 0.25) is 0 Å². The zero-order valence-electron chi connectivity index (χ0n) is 19.9. The molecular formula is C24H32N6O3. The topological polar surface area (TPSA) is 99.7 Å². The van der Waals surface area contributed by atoms with Crippen molar-refractivity contribution in [3.05, 3.63) is 24.4 Å². The van der Waals surface area contributed by atoms with Gasteiger partial charge in [0.1, 0.15) is 11.4 Å². The molecule has 176 valence electrons. The van der Waals surface area contributed by atoms with Crippen molar-refractivity contribution in [2.75, 3.05) is 41.1 Å². The van der Waals surface area contributed by atoms with Crippen LogP contribution in [-0.4, -0.2) is 48.5 Å². The summed E-state index contributed by atoms with van der Waals surface area (Å²) >= 11 is 0. The molecule has 1 aromatic carbocycles. The second-order valence-electron chi connectivity index (χ2n) is 9.44. The second kappa shape index (κ2) is 8.88. The number of carbonyl (C=O) groups is 2. The highest BCUT2D eigenvalue weighted by molar-refractivity contribution is 6.01. The average molecular weight is 453 g/mol. The Labute approximate surface area is 194 Å². The van der Waals surface area contributed by atoms with Gasteiger partial charge in [0.2, 0.25) is 17.8 Å². The molecule has 1 aliphatic carbocycles. The standard InChI is InChI=1S/C24H32N6O3/c1-15(31)26-16-10-11-20(33-5)18(12-16)27-23-25-13-19-21(28-23)30(17-8-6-7-9-17)14-24(2,3)22(32)29(19)4/h10-13,17H,6-9,14H2,1-5H3,(H,26,31)(H,25,27,28). The van der Waals surface area contributed by atoms with Gasteiger partial charge in [-0.2, -0.15) is 4.98 Å². The molecule has 33 heavy (non-hydrogen) atoms. The number of nitrogens with one attached hydrogen (secondary N) is 2. The highest BCUT2D eigenvalue weighted by Gasteiger charge is 2.41. The van der Waals surface area contributed by atoms with Gasteiger partial charge in [0.25, 0.3) is 0 Å². The minimum absolute atomic E-state index is 0.0539. The van der Waals surface area contributed by atoms with Gasteiger partial charge in [-0.15, -0.1) is 0 Å². The van der Waals surface area contributed by atoms with E-state index in [4.69, 9.17) is 9.72 Å². The molecule has 2 amide bonds. The normalized spacial score (nSPS) is 18.0. The van der Waals surface area contributed by atoms with Gasteiger partial charge < -0.3 is 25.2 Å². The minimum atomic E-state index is -0.540. The van der Waals surface area contributed by atoms with Gasteiger partial charge in [0, 0.05) is 32.2 Å². The molecule has 0 atom stereocenters. The molecule has 0 saturated heterocycles. The maximum atomic E-state index is 13.2. The fourth-order valence-electron chi connectivity index (χ4n) is 4.73. The fraction of sp³-hybridized carbons (Fsp3) is 0.500. The minimum Gasteiger partial charge on any atom is -0.495 e. The number of hydrogen-bond acceptors (Lipinski definition) is 7. The first kappa shape index (κ1) is 22.8. The summed E-state index contributed by atoms with van der Waals surface area (Å²) < 4.78 is 5.48. The highest BCUT2D eigenvalue weighted by Crippen LogP contribution is 2.40. The summed E-state index contributed by atoms with van der Waals surface area (Å²) in [4.78, 5) is 38.0. The number of amides is 2. The Morgan fingerprint density at radius 1 is 1.24 bits per heavy atom. The maximum absolute atomic E-state index is 13.2. The van der Waals surface area contributed by atoms with E-state index < -0.39 is 5.41 Å². The number of ether oxygens (including phenoxy) is 1. The molecule has 0 radical (unpaired) electrons. The molecule has 2 aromatic rings. The van der Waals surface area contributed by atoms with Gasteiger partial charge in [-0.1, -0.05) is 12.8 Å². The molecule has 9 heteroatoms. The lowest BCUT2D eigenvalue weighted by molar-refractivity contribution is -0.125. The van der Waals surface area contributed by atoms with Crippen LogP contribution in [0.5, 0.6) is 5.75 Å². The molecule has 4 rings (SSSR count). The third-order valence-electron chi connectivity index (χ3n) is 6.36.